The van der Waals surface area contributed by atoms with Crippen LogP contribution < -0.4 is 15.1 Å². The van der Waals surface area contributed by atoms with Crippen molar-refractivity contribution in [2.75, 3.05) is 42.5 Å². The molecule has 3 rings (SSSR count). The Bertz CT molecular complexity index is 455. The molecule has 0 amide bonds. The average Bonchev–Trinajstić information content (AvgIpc) is 2.45. The summed E-state index contributed by atoms with van der Waals surface area (Å²) in [7, 11) is 0. The lowest BCUT2D eigenvalue weighted by Gasteiger charge is -2.47. The van der Waals surface area contributed by atoms with Crippen LogP contribution in [0.4, 0.5) is 11.4 Å². The van der Waals surface area contributed by atoms with Crippen LogP contribution in [0.1, 0.15) is 32.3 Å². The SMILES string of the molecule is CCN1CC2CNCCN2c2ccc(C(C)C)cc21. The van der Waals surface area contributed by atoms with E-state index in [0.29, 0.717) is 12.0 Å². The zero-order chi connectivity index (χ0) is 13.4. The van der Waals surface area contributed by atoms with Gasteiger partial charge in [-0.25, -0.2) is 0 Å². The lowest BCUT2D eigenvalue weighted by Crippen LogP contribution is -2.58. The fourth-order valence-corrected chi connectivity index (χ4v) is 3.29. The van der Waals surface area contributed by atoms with Crippen LogP contribution in [-0.4, -0.2) is 38.8 Å². The van der Waals surface area contributed by atoms with Crippen molar-refractivity contribution >= 4 is 11.4 Å². The van der Waals surface area contributed by atoms with E-state index >= 15 is 0 Å². The Kier molecular flexibility index (Phi) is 3.40. The van der Waals surface area contributed by atoms with Gasteiger partial charge in [-0.2, -0.15) is 0 Å². The minimum atomic E-state index is 0.602. The van der Waals surface area contributed by atoms with Gasteiger partial charge in [0.05, 0.1) is 17.4 Å². The number of hydrogen-bond donors (Lipinski definition) is 1. The van der Waals surface area contributed by atoms with Gasteiger partial charge in [0.1, 0.15) is 0 Å². The van der Waals surface area contributed by atoms with Gasteiger partial charge in [-0.3, -0.25) is 0 Å². The Morgan fingerprint density at radius 2 is 2.16 bits per heavy atom. The Morgan fingerprint density at radius 1 is 1.32 bits per heavy atom. The van der Waals surface area contributed by atoms with Crippen molar-refractivity contribution in [3.63, 3.8) is 0 Å². The Hall–Kier alpha value is -1.22. The van der Waals surface area contributed by atoms with E-state index < -0.39 is 0 Å². The smallest absolute Gasteiger partial charge is 0.0608 e. The summed E-state index contributed by atoms with van der Waals surface area (Å²) in [5.41, 5.74) is 4.32. The number of fused-ring (bicyclic) bond motifs is 3. The molecule has 3 heteroatoms. The normalized spacial score (nSPS) is 22.4. The molecule has 0 aliphatic carbocycles. The first-order chi connectivity index (χ1) is 9.20. The highest BCUT2D eigenvalue weighted by Gasteiger charge is 2.31. The van der Waals surface area contributed by atoms with E-state index in [9.17, 15) is 0 Å². The first kappa shape index (κ1) is 12.8. The second-order valence-electron chi connectivity index (χ2n) is 5.99. The summed E-state index contributed by atoms with van der Waals surface area (Å²) in [6, 6.07) is 7.68. The van der Waals surface area contributed by atoms with Gasteiger partial charge < -0.3 is 15.1 Å². The van der Waals surface area contributed by atoms with E-state index in [2.05, 4.69) is 54.1 Å². The number of piperazine rings is 1. The first-order valence-electron chi connectivity index (χ1n) is 7.57. The lowest BCUT2D eigenvalue weighted by molar-refractivity contribution is 0.460. The van der Waals surface area contributed by atoms with Gasteiger partial charge in [0, 0.05) is 32.7 Å². The molecule has 0 spiro atoms. The zero-order valence-corrected chi connectivity index (χ0v) is 12.3. The van der Waals surface area contributed by atoms with Crippen LogP contribution in [0.3, 0.4) is 0 Å². The van der Waals surface area contributed by atoms with Crippen LogP contribution in [0.2, 0.25) is 0 Å². The molecule has 1 N–H and O–H groups in total. The van der Waals surface area contributed by atoms with Crippen LogP contribution in [0.5, 0.6) is 0 Å². The molecule has 1 atom stereocenters. The summed E-state index contributed by atoms with van der Waals surface area (Å²) in [5, 5.41) is 3.52. The van der Waals surface area contributed by atoms with Gasteiger partial charge in [-0.05, 0) is 30.5 Å². The summed E-state index contributed by atoms with van der Waals surface area (Å²) in [6.45, 7) is 12.4. The molecule has 1 saturated heterocycles. The monoisotopic (exact) mass is 259 g/mol. The number of anilines is 2. The molecule has 2 aliphatic heterocycles. The van der Waals surface area contributed by atoms with Gasteiger partial charge in [0.25, 0.3) is 0 Å². The third-order valence-corrected chi connectivity index (χ3v) is 4.48. The Morgan fingerprint density at radius 3 is 2.89 bits per heavy atom. The van der Waals surface area contributed by atoms with Crippen molar-refractivity contribution in [2.24, 2.45) is 0 Å². The largest absolute Gasteiger partial charge is 0.368 e. The maximum atomic E-state index is 3.52. The summed E-state index contributed by atoms with van der Waals surface area (Å²) >= 11 is 0. The molecule has 104 valence electrons. The van der Waals surface area contributed by atoms with E-state index in [1.807, 2.05) is 0 Å². The molecule has 0 saturated carbocycles. The fraction of sp³-hybridized carbons (Fsp3) is 0.625. The van der Waals surface area contributed by atoms with Crippen molar-refractivity contribution in [1.82, 2.24) is 5.32 Å². The summed E-state index contributed by atoms with van der Waals surface area (Å²) in [4.78, 5) is 5.14. The molecule has 2 heterocycles. The van der Waals surface area contributed by atoms with Gasteiger partial charge >= 0.3 is 0 Å². The van der Waals surface area contributed by atoms with Gasteiger partial charge in [0.2, 0.25) is 0 Å². The highest BCUT2D eigenvalue weighted by molar-refractivity contribution is 5.75. The van der Waals surface area contributed by atoms with Crippen LogP contribution in [0, 0.1) is 0 Å². The molecular weight excluding hydrogens is 234 g/mol. The van der Waals surface area contributed by atoms with Gasteiger partial charge in [-0.15, -0.1) is 0 Å². The van der Waals surface area contributed by atoms with Gasteiger partial charge in [0.15, 0.2) is 0 Å². The topological polar surface area (TPSA) is 18.5 Å². The molecular formula is C16H25N3. The Labute approximate surface area is 116 Å². The lowest BCUT2D eigenvalue weighted by atomic mass is 9.98. The number of nitrogens with one attached hydrogen (secondary N) is 1. The highest BCUT2D eigenvalue weighted by Crippen LogP contribution is 2.37. The molecule has 0 bridgehead atoms. The minimum Gasteiger partial charge on any atom is -0.368 e. The van der Waals surface area contributed by atoms with E-state index in [-0.39, 0.29) is 0 Å². The average molecular weight is 259 g/mol. The van der Waals surface area contributed by atoms with Crippen LogP contribution in [0.25, 0.3) is 0 Å². The number of hydrogen-bond acceptors (Lipinski definition) is 3. The Balaban J connectivity index is 2.02. The fourth-order valence-electron chi connectivity index (χ4n) is 3.29. The van der Waals surface area contributed by atoms with Crippen LogP contribution in [-0.2, 0) is 0 Å². The predicted octanol–water partition coefficient (Wildman–Crippen LogP) is 2.43. The maximum absolute atomic E-state index is 3.52. The quantitative estimate of drug-likeness (QED) is 0.880. The number of nitrogens with zero attached hydrogens (tertiary/aromatic N) is 2. The molecule has 1 aromatic carbocycles. The van der Waals surface area contributed by atoms with Crippen LogP contribution >= 0.6 is 0 Å². The van der Waals surface area contributed by atoms with E-state index in [1.54, 1.807) is 0 Å². The van der Waals surface area contributed by atoms with E-state index in [1.165, 1.54) is 16.9 Å². The third kappa shape index (κ3) is 2.20. The number of rotatable bonds is 2. The molecule has 19 heavy (non-hydrogen) atoms. The second-order valence-corrected chi connectivity index (χ2v) is 5.99. The maximum Gasteiger partial charge on any atom is 0.0608 e. The number of benzene rings is 1. The first-order valence-corrected chi connectivity index (χ1v) is 7.57. The second kappa shape index (κ2) is 5.04. The molecule has 2 aliphatic rings. The minimum absolute atomic E-state index is 0.602. The number of likely N-dealkylation sites (N-methyl/N-ethyl adjacent to an activating group) is 1. The predicted molar refractivity (Wildman–Crippen MR) is 82.4 cm³/mol. The molecule has 1 fully saturated rings. The molecule has 3 nitrogen and oxygen atoms in total. The molecule has 1 aromatic rings. The van der Waals surface area contributed by atoms with Crippen molar-refractivity contribution in [2.45, 2.75) is 32.7 Å². The molecule has 1 unspecified atom stereocenters. The molecule has 0 aromatic heterocycles. The summed E-state index contributed by atoms with van der Waals surface area (Å²) < 4.78 is 0. The zero-order valence-electron chi connectivity index (χ0n) is 12.3. The van der Waals surface area contributed by atoms with Crippen LogP contribution in [0.15, 0.2) is 18.2 Å². The summed E-state index contributed by atoms with van der Waals surface area (Å²) in [5.74, 6) is 0.602. The third-order valence-electron chi connectivity index (χ3n) is 4.48. The van der Waals surface area contributed by atoms with Crippen molar-refractivity contribution in [3.8, 4) is 0 Å². The molecule has 0 radical (unpaired) electrons. The van der Waals surface area contributed by atoms with Crippen molar-refractivity contribution < 1.29 is 0 Å². The van der Waals surface area contributed by atoms with Crippen molar-refractivity contribution in [1.29, 1.82) is 0 Å². The van der Waals surface area contributed by atoms with Crippen molar-refractivity contribution in [3.05, 3.63) is 23.8 Å². The van der Waals surface area contributed by atoms with Gasteiger partial charge in [-0.1, -0.05) is 19.9 Å². The van der Waals surface area contributed by atoms with E-state index in [0.717, 1.165) is 32.7 Å². The standard InChI is InChI=1S/C16H25N3/c1-4-18-11-14-10-17-7-8-19(14)15-6-5-13(12(2)3)9-16(15)18/h5-6,9,12,14,17H,4,7-8,10-11H2,1-3H3. The van der Waals surface area contributed by atoms with E-state index in [4.69, 9.17) is 0 Å². The highest BCUT2D eigenvalue weighted by atomic mass is 15.3. The summed E-state index contributed by atoms with van der Waals surface area (Å²) in [6.07, 6.45) is 0.